The summed E-state index contributed by atoms with van der Waals surface area (Å²) in [6.07, 6.45) is 1.44. The van der Waals surface area contributed by atoms with E-state index in [1.54, 1.807) is 13.4 Å². The molecule has 1 aromatic carbocycles. The summed E-state index contributed by atoms with van der Waals surface area (Å²) < 4.78 is 10.4. The van der Waals surface area contributed by atoms with Crippen LogP contribution in [-0.4, -0.2) is 12.2 Å². The van der Waals surface area contributed by atoms with Gasteiger partial charge in [0, 0.05) is 12.0 Å². The zero-order valence-corrected chi connectivity index (χ0v) is 9.09. The molecular formula is C13H14O3. The van der Waals surface area contributed by atoms with Crippen LogP contribution in [0.2, 0.25) is 0 Å². The Labute approximate surface area is 94.3 Å². The average molecular weight is 218 g/mol. The highest BCUT2D eigenvalue weighted by molar-refractivity contribution is 5.35. The van der Waals surface area contributed by atoms with Crippen molar-refractivity contribution in [3.63, 3.8) is 0 Å². The first kappa shape index (κ1) is 10.8. The van der Waals surface area contributed by atoms with Crippen molar-refractivity contribution in [1.29, 1.82) is 0 Å². The van der Waals surface area contributed by atoms with Crippen molar-refractivity contribution in [3.8, 4) is 5.75 Å². The molecule has 0 aliphatic carbocycles. The number of rotatable bonds is 4. The minimum absolute atomic E-state index is 0.452. The maximum absolute atomic E-state index is 10.1. The predicted molar refractivity (Wildman–Crippen MR) is 60.4 cm³/mol. The molecule has 0 aliphatic heterocycles. The second kappa shape index (κ2) is 4.86. The minimum atomic E-state index is -0.609. The van der Waals surface area contributed by atoms with Gasteiger partial charge in [0.15, 0.2) is 0 Å². The normalized spacial score (nSPS) is 12.4. The lowest BCUT2D eigenvalue weighted by atomic mass is 10.0. The fraction of sp³-hybridized carbons (Fsp3) is 0.231. The van der Waals surface area contributed by atoms with Crippen molar-refractivity contribution >= 4 is 0 Å². The Morgan fingerprint density at radius 1 is 1.25 bits per heavy atom. The number of methoxy groups -OCH3 is 1. The highest BCUT2D eigenvalue weighted by Crippen LogP contribution is 2.27. The first-order chi connectivity index (χ1) is 7.81. The topological polar surface area (TPSA) is 42.6 Å². The van der Waals surface area contributed by atoms with E-state index >= 15 is 0 Å². The summed E-state index contributed by atoms with van der Waals surface area (Å²) in [4.78, 5) is 0. The standard InChI is InChI=1S/C13H14O3/c1-15-13-7-3-2-6-11(13)12(14)9-10-5-4-8-16-10/h2-8,12,14H,9H2,1H3. The van der Waals surface area contributed by atoms with Gasteiger partial charge in [-0.1, -0.05) is 18.2 Å². The number of benzene rings is 1. The van der Waals surface area contributed by atoms with E-state index in [9.17, 15) is 5.11 Å². The first-order valence-electron chi connectivity index (χ1n) is 5.14. The average Bonchev–Trinajstić information content (AvgIpc) is 2.81. The minimum Gasteiger partial charge on any atom is -0.496 e. The first-order valence-corrected chi connectivity index (χ1v) is 5.14. The lowest BCUT2D eigenvalue weighted by Gasteiger charge is -2.13. The number of furan rings is 1. The van der Waals surface area contributed by atoms with Crippen molar-refractivity contribution < 1.29 is 14.3 Å². The van der Waals surface area contributed by atoms with E-state index in [4.69, 9.17) is 9.15 Å². The molecule has 1 aromatic heterocycles. The summed E-state index contributed by atoms with van der Waals surface area (Å²) in [7, 11) is 1.60. The van der Waals surface area contributed by atoms with Crippen LogP contribution >= 0.6 is 0 Å². The summed E-state index contributed by atoms with van der Waals surface area (Å²) in [5.74, 6) is 1.46. The molecule has 0 fully saturated rings. The molecule has 16 heavy (non-hydrogen) atoms. The molecule has 3 nitrogen and oxygen atoms in total. The summed E-state index contributed by atoms with van der Waals surface area (Å²) in [6, 6.07) is 11.1. The third-order valence-electron chi connectivity index (χ3n) is 2.47. The van der Waals surface area contributed by atoms with Gasteiger partial charge < -0.3 is 14.3 Å². The summed E-state index contributed by atoms with van der Waals surface area (Å²) in [5, 5.41) is 10.1. The van der Waals surface area contributed by atoms with Gasteiger partial charge in [0.25, 0.3) is 0 Å². The Balaban J connectivity index is 2.17. The summed E-state index contributed by atoms with van der Waals surface area (Å²) in [5.41, 5.74) is 0.779. The highest BCUT2D eigenvalue weighted by Gasteiger charge is 2.14. The van der Waals surface area contributed by atoms with Gasteiger partial charge in [0.1, 0.15) is 11.5 Å². The zero-order chi connectivity index (χ0) is 11.4. The Bertz CT molecular complexity index is 434. The van der Waals surface area contributed by atoms with Gasteiger partial charge in [-0.15, -0.1) is 0 Å². The van der Waals surface area contributed by atoms with Gasteiger partial charge in [-0.25, -0.2) is 0 Å². The number of ether oxygens (including phenoxy) is 1. The van der Waals surface area contributed by atoms with Crippen LogP contribution in [0.3, 0.4) is 0 Å². The van der Waals surface area contributed by atoms with Crippen LogP contribution < -0.4 is 4.74 Å². The smallest absolute Gasteiger partial charge is 0.124 e. The van der Waals surface area contributed by atoms with Gasteiger partial charge in [0.2, 0.25) is 0 Å². The van der Waals surface area contributed by atoms with Crippen molar-refractivity contribution in [2.75, 3.05) is 7.11 Å². The number of aliphatic hydroxyl groups excluding tert-OH is 1. The Hall–Kier alpha value is -1.74. The fourth-order valence-electron chi connectivity index (χ4n) is 1.67. The van der Waals surface area contributed by atoms with Gasteiger partial charge >= 0.3 is 0 Å². The van der Waals surface area contributed by atoms with Crippen molar-refractivity contribution in [3.05, 3.63) is 54.0 Å². The van der Waals surface area contributed by atoms with Crippen LogP contribution in [0.5, 0.6) is 5.75 Å². The van der Waals surface area contributed by atoms with Crippen molar-refractivity contribution in [1.82, 2.24) is 0 Å². The van der Waals surface area contributed by atoms with E-state index in [1.165, 1.54) is 0 Å². The lowest BCUT2D eigenvalue weighted by molar-refractivity contribution is 0.166. The van der Waals surface area contributed by atoms with Crippen LogP contribution in [0.15, 0.2) is 47.1 Å². The van der Waals surface area contributed by atoms with Gasteiger partial charge in [-0.05, 0) is 18.2 Å². The Morgan fingerprint density at radius 3 is 2.75 bits per heavy atom. The number of hydrogen-bond acceptors (Lipinski definition) is 3. The molecule has 84 valence electrons. The third kappa shape index (κ3) is 2.25. The van der Waals surface area contributed by atoms with Gasteiger partial charge in [-0.2, -0.15) is 0 Å². The quantitative estimate of drug-likeness (QED) is 0.857. The lowest BCUT2D eigenvalue weighted by Crippen LogP contribution is -2.03. The monoisotopic (exact) mass is 218 g/mol. The molecule has 0 saturated heterocycles. The number of hydrogen-bond donors (Lipinski definition) is 1. The highest BCUT2D eigenvalue weighted by atomic mass is 16.5. The van der Waals surface area contributed by atoms with Crippen LogP contribution in [0, 0.1) is 0 Å². The molecule has 0 amide bonds. The van der Waals surface area contributed by atoms with E-state index in [2.05, 4.69) is 0 Å². The molecule has 1 atom stereocenters. The maximum atomic E-state index is 10.1. The van der Waals surface area contributed by atoms with Gasteiger partial charge in [-0.3, -0.25) is 0 Å². The molecule has 0 radical (unpaired) electrons. The van der Waals surface area contributed by atoms with Crippen LogP contribution in [-0.2, 0) is 6.42 Å². The molecule has 2 rings (SSSR count). The van der Waals surface area contributed by atoms with E-state index < -0.39 is 6.10 Å². The zero-order valence-electron chi connectivity index (χ0n) is 9.09. The maximum Gasteiger partial charge on any atom is 0.124 e. The third-order valence-corrected chi connectivity index (χ3v) is 2.47. The molecule has 2 aromatic rings. The molecule has 1 N–H and O–H groups in total. The van der Waals surface area contributed by atoms with E-state index in [0.29, 0.717) is 12.2 Å². The summed E-state index contributed by atoms with van der Waals surface area (Å²) >= 11 is 0. The molecule has 1 unspecified atom stereocenters. The largest absolute Gasteiger partial charge is 0.496 e. The molecule has 0 aliphatic rings. The Kier molecular flexibility index (Phi) is 3.27. The van der Waals surface area contributed by atoms with Gasteiger partial charge in [0.05, 0.1) is 19.5 Å². The van der Waals surface area contributed by atoms with Crippen LogP contribution in [0.1, 0.15) is 17.4 Å². The molecule has 3 heteroatoms. The predicted octanol–water partition coefficient (Wildman–Crippen LogP) is 2.56. The van der Waals surface area contributed by atoms with E-state index in [-0.39, 0.29) is 0 Å². The van der Waals surface area contributed by atoms with Crippen LogP contribution in [0.4, 0.5) is 0 Å². The second-order valence-electron chi connectivity index (χ2n) is 3.54. The molecule has 0 saturated carbocycles. The van der Waals surface area contributed by atoms with E-state index in [0.717, 1.165) is 11.3 Å². The van der Waals surface area contributed by atoms with E-state index in [1.807, 2.05) is 36.4 Å². The molecular weight excluding hydrogens is 204 g/mol. The number of aliphatic hydroxyl groups is 1. The number of para-hydroxylation sites is 1. The second-order valence-corrected chi connectivity index (χ2v) is 3.54. The molecule has 0 bridgehead atoms. The van der Waals surface area contributed by atoms with Crippen LogP contribution in [0.25, 0.3) is 0 Å². The fourth-order valence-corrected chi connectivity index (χ4v) is 1.67. The SMILES string of the molecule is COc1ccccc1C(O)Cc1ccco1. The summed E-state index contributed by atoms with van der Waals surface area (Å²) in [6.45, 7) is 0. The van der Waals surface area contributed by atoms with Crippen molar-refractivity contribution in [2.24, 2.45) is 0 Å². The van der Waals surface area contributed by atoms with Crippen molar-refractivity contribution in [2.45, 2.75) is 12.5 Å². The molecule has 0 spiro atoms. The molecule has 1 heterocycles. The Morgan fingerprint density at radius 2 is 2.06 bits per heavy atom.